The standard InChI is InChI=1S/C15H21ClN2/c1-3-10-18-14-8-7-12(2)11-13(14)17-15(18)6-4-5-9-16/h7-8,11H,3-6,9-10H2,1-2H3. The van der Waals surface area contributed by atoms with E-state index in [1.807, 2.05) is 0 Å². The highest BCUT2D eigenvalue weighted by atomic mass is 35.5. The van der Waals surface area contributed by atoms with Crippen molar-refractivity contribution in [3.05, 3.63) is 29.6 Å². The molecule has 1 aromatic heterocycles. The van der Waals surface area contributed by atoms with Crippen LogP contribution in [0.2, 0.25) is 0 Å². The van der Waals surface area contributed by atoms with Gasteiger partial charge in [-0.2, -0.15) is 0 Å². The van der Waals surface area contributed by atoms with E-state index in [9.17, 15) is 0 Å². The van der Waals surface area contributed by atoms with Crippen molar-refractivity contribution >= 4 is 22.6 Å². The van der Waals surface area contributed by atoms with Gasteiger partial charge in [-0.25, -0.2) is 4.98 Å². The van der Waals surface area contributed by atoms with Gasteiger partial charge in [0.25, 0.3) is 0 Å². The molecular weight excluding hydrogens is 244 g/mol. The second-order valence-electron chi connectivity index (χ2n) is 4.82. The van der Waals surface area contributed by atoms with Gasteiger partial charge in [-0.1, -0.05) is 13.0 Å². The lowest BCUT2D eigenvalue weighted by Gasteiger charge is -2.07. The van der Waals surface area contributed by atoms with Crippen LogP contribution in [0.5, 0.6) is 0 Å². The summed E-state index contributed by atoms with van der Waals surface area (Å²) in [6, 6.07) is 6.53. The molecule has 0 N–H and O–H groups in total. The van der Waals surface area contributed by atoms with Crippen molar-refractivity contribution in [2.75, 3.05) is 5.88 Å². The normalized spacial score (nSPS) is 11.3. The van der Waals surface area contributed by atoms with Crippen LogP contribution in [-0.2, 0) is 13.0 Å². The van der Waals surface area contributed by atoms with Crippen LogP contribution in [0.3, 0.4) is 0 Å². The average molecular weight is 265 g/mol. The van der Waals surface area contributed by atoms with Gasteiger partial charge in [-0.3, -0.25) is 0 Å². The number of aryl methyl sites for hydroxylation is 3. The average Bonchev–Trinajstić information content (AvgIpc) is 2.68. The number of imidazole rings is 1. The molecule has 0 atom stereocenters. The first-order valence-electron chi connectivity index (χ1n) is 6.78. The maximum absolute atomic E-state index is 5.74. The first-order valence-corrected chi connectivity index (χ1v) is 7.31. The maximum atomic E-state index is 5.74. The molecule has 1 aromatic carbocycles. The minimum Gasteiger partial charge on any atom is -0.328 e. The summed E-state index contributed by atoms with van der Waals surface area (Å²) in [5.41, 5.74) is 3.67. The molecule has 0 saturated carbocycles. The molecule has 0 radical (unpaired) electrons. The van der Waals surface area contributed by atoms with Crippen LogP contribution >= 0.6 is 11.6 Å². The fourth-order valence-corrected chi connectivity index (χ4v) is 2.52. The predicted octanol–water partition coefficient (Wildman–Crippen LogP) is 4.32. The first-order chi connectivity index (χ1) is 8.76. The summed E-state index contributed by atoms with van der Waals surface area (Å²) >= 11 is 5.74. The van der Waals surface area contributed by atoms with Gasteiger partial charge in [0.1, 0.15) is 5.82 Å². The van der Waals surface area contributed by atoms with E-state index in [-0.39, 0.29) is 0 Å². The summed E-state index contributed by atoms with van der Waals surface area (Å²) in [5, 5.41) is 0. The highest BCUT2D eigenvalue weighted by Crippen LogP contribution is 2.19. The van der Waals surface area contributed by atoms with Gasteiger partial charge in [0.05, 0.1) is 11.0 Å². The predicted molar refractivity (Wildman–Crippen MR) is 78.4 cm³/mol. The molecule has 2 aromatic rings. The monoisotopic (exact) mass is 264 g/mol. The van der Waals surface area contributed by atoms with Crippen molar-refractivity contribution in [3.63, 3.8) is 0 Å². The fraction of sp³-hybridized carbons (Fsp3) is 0.533. The summed E-state index contributed by atoms with van der Waals surface area (Å²) in [6.45, 7) is 5.38. The van der Waals surface area contributed by atoms with Crippen molar-refractivity contribution in [3.8, 4) is 0 Å². The SMILES string of the molecule is CCCn1c(CCCCCl)nc2cc(C)ccc21. The Balaban J connectivity index is 2.34. The van der Waals surface area contributed by atoms with Gasteiger partial charge in [-0.15, -0.1) is 11.6 Å². The molecule has 0 aliphatic heterocycles. The number of alkyl halides is 1. The lowest BCUT2D eigenvalue weighted by atomic mass is 10.2. The molecule has 0 saturated heterocycles. The van der Waals surface area contributed by atoms with E-state index in [0.29, 0.717) is 0 Å². The van der Waals surface area contributed by atoms with E-state index in [1.54, 1.807) is 0 Å². The largest absolute Gasteiger partial charge is 0.328 e. The molecule has 0 spiro atoms. The molecular formula is C15H21ClN2. The van der Waals surface area contributed by atoms with Gasteiger partial charge in [0.15, 0.2) is 0 Å². The Morgan fingerprint density at radius 1 is 1.28 bits per heavy atom. The van der Waals surface area contributed by atoms with Gasteiger partial charge < -0.3 is 4.57 Å². The molecule has 0 unspecified atom stereocenters. The molecule has 3 heteroatoms. The van der Waals surface area contributed by atoms with Crippen molar-refractivity contribution in [1.29, 1.82) is 0 Å². The number of unbranched alkanes of at least 4 members (excludes halogenated alkanes) is 1. The number of nitrogens with zero attached hydrogens (tertiary/aromatic N) is 2. The quantitative estimate of drug-likeness (QED) is 0.561. The van der Waals surface area contributed by atoms with Crippen molar-refractivity contribution in [1.82, 2.24) is 9.55 Å². The number of aromatic nitrogens is 2. The summed E-state index contributed by atoms with van der Waals surface area (Å²) in [6.07, 6.45) is 4.35. The third kappa shape index (κ3) is 2.86. The van der Waals surface area contributed by atoms with E-state index in [1.165, 1.54) is 16.9 Å². The zero-order valence-corrected chi connectivity index (χ0v) is 12.0. The van der Waals surface area contributed by atoms with E-state index >= 15 is 0 Å². The lowest BCUT2D eigenvalue weighted by Crippen LogP contribution is -2.03. The van der Waals surface area contributed by atoms with E-state index in [4.69, 9.17) is 16.6 Å². The third-order valence-corrected chi connectivity index (χ3v) is 3.48. The molecule has 0 amide bonds. The molecule has 0 fully saturated rings. The highest BCUT2D eigenvalue weighted by Gasteiger charge is 2.09. The molecule has 98 valence electrons. The number of rotatable bonds is 6. The van der Waals surface area contributed by atoms with E-state index in [0.717, 1.165) is 43.6 Å². The Bertz CT molecular complexity index is 516. The Morgan fingerprint density at radius 2 is 2.11 bits per heavy atom. The molecule has 0 aliphatic rings. The minimum absolute atomic E-state index is 0.743. The second-order valence-corrected chi connectivity index (χ2v) is 5.20. The Morgan fingerprint density at radius 3 is 2.83 bits per heavy atom. The van der Waals surface area contributed by atoms with Crippen molar-refractivity contribution in [2.45, 2.75) is 46.1 Å². The van der Waals surface area contributed by atoms with Crippen LogP contribution < -0.4 is 0 Å². The van der Waals surface area contributed by atoms with Crippen LogP contribution in [0, 0.1) is 6.92 Å². The van der Waals surface area contributed by atoms with Crippen LogP contribution in [0.15, 0.2) is 18.2 Å². The highest BCUT2D eigenvalue weighted by molar-refractivity contribution is 6.17. The first kappa shape index (κ1) is 13.4. The fourth-order valence-electron chi connectivity index (χ4n) is 2.33. The topological polar surface area (TPSA) is 17.8 Å². The number of halogens is 1. The molecule has 2 rings (SSSR count). The van der Waals surface area contributed by atoms with E-state index in [2.05, 4.69) is 36.6 Å². The van der Waals surface area contributed by atoms with Crippen LogP contribution in [-0.4, -0.2) is 15.4 Å². The number of hydrogen-bond donors (Lipinski definition) is 0. The zero-order valence-electron chi connectivity index (χ0n) is 11.2. The molecule has 2 nitrogen and oxygen atoms in total. The molecule has 1 heterocycles. The van der Waals surface area contributed by atoms with Gasteiger partial charge in [0.2, 0.25) is 0 Å². The summed E-state index contributed by atoms with van der Waals surface area (Å²) in [7, 11) is 0. The smallest absolute Gasteiger partial charge is 0.109 e. The number of hydrogen-bond acceptors (Lipinski definition) is 1. The molecule has 0 bridgehead atoms. The number of fused-ring (bicyclic) bond motifs is 1. The Labute approximate surface area is 114 Å². The van der Waals surface area contributed by atoms with Crippen molar-refractivity contribution in [2.24, 2.45) is 0 Å². The Hall–Kier alpha value is -1.02. The van der Waals surface area contributed by atoms with Gasteiger partial charge in [-0.05, 0) is 43.9 Å². The molecule has 0 aliphatic carbocycles. The van der Waals surface area contributed by atoms with Crippen LogP contribution in [0.25, 0.3) is 11.0 Å². The van der Waals surface area contributed by atoms with Gasteiger partial charge in [0, 0.05) is 18.8 Å². The molecule has 18 heavy (non-hydrogen) atoms. The van der Waals surface area contributed by atoms with Crippen LogP contribution in [0.4, 0.5) is 0 Å². The zero-order chi connectivity index (χ0) is 13.0. The number of benzene rings is 1. The lowest BCUT2D eigenvalue weighted by molar-refractivity contribution is 0.634. The summed E-state index contributed by atoms with van der Waals surface area (Å²) in [4.78, 5) is 4.78. The maximum Gasteiger partial charge on any atom is 0.109 e. The van der Waals surface area contributed by atoms with Crippen molar-refractivity contribution < 1.29 is 0 Å². The van der Waals surface area contributed by atoms with Crippen LogP contribution in [0.1, 0.15) is 37.6 Å². The van der Waals surface area contributed by atoms with E-state index < -0.39 is 0 Å². The summed E-state index contributed by atoms with van der Waals surface area (Å²) < 4.78 is 2.36. The second kappa shape index (κ2) is 6.24. The Kier molecular flexibility index (Phi) is 4.65. The summed E-state index contributed by atoms with van der Waals surface area (Å²) in [5.74, 6) is 1.95. The minimum atomic E-state index is 0.743. The third-order valence-electron chi connectivity index (χ3n) is 3.21. The van der Waals surface area contributed by atoms with Gasteiger partial charge >= 0.3 is 0 Å².